The van der Waals surface area contributed by atoms with Crippen molar-refractivity contribution >= 4 is 5.69 Å². The molecule has 0 unspecified atom stereocenters. The molecule has 2 aromatic rings. The minimum Gasteiger partial charge on any atom is -0.497 e. The molecule has 1 fully saturated rings. The van der Waals surface area contributed by atoms with Crippen LogP contribution in [-0.4, -0.2) is 26.8 Å². The summed E-state index contributed by atoms with van der Waals surface area (Å²) in [5, 5.41) is 0. The van der Waals surface area contributed by atoms with Gasteiger partial charge in [-0.2, -0.15) is 0 Å². The number of rotatable bonds is 11. The number of hydrogen-bond donors (Lipinski definition) is 0. The highest BCUT2D eigenvalue weighted by molar-refractivity contribution is 5.57. The fourth-order valence-electron chi connectivity index (χ4n) is 4.71. The van der Waals surface area contributed by atoms with E-state index in [0.29, 0.717) is 11.3 Å². The Kier molecular flexibility index (Phi) is 9.52. The maximum Gasteiger partial charge on any atom is 0.120 e. The van der Waals surface area contributed by atoms with Crippen LogP contribution in [0.5, 0.6) is 11.5 Å². The lowest BCUT2D eigenvalue weighted by atomic mass is 9.88. The van der Waals surface area contributed by atoms with E-state index in [1.165, 1.54) is 55.3 Å². The quantitative estimate of drug-likeness (QED) is 0.349. The molecule has 1 aliphatic heterocycles. The van der Waals surface area contributed by atoms with Crippen LogP contribution in [0.1, 0.15) is 77.3 Å². The molecule has 0 radical (unpaired) electrons. The van der Waals surface area contributed by atoms with Gasteiger partial charge >= 0.3 is 0 Å². The molecule has 1 aliphatic rings. The zero-order chi connectivity index (χ0) is 23.7. The smallest absolute Gasteiger partial charge is 0.120 e. The monoisotopic (exact) mass is 451 g/mol. The number of anilines is 1. The number of piperidine rings is 1. The van der Waals surface area contributed by atoms with Gasteiger partial charge in [-0.05, 0) is 85.6 Å². The van der Waals surface area contributed by atoms with Gasteiger partial charge in [-0.15, -0.1) is 0 Å². The van der Waals surface area contributed by atoms with E-state index < -0.39 is 0 Å². The van der Waals surface area contributed by atoms with Crippen molar-refractivity contribution < 1.29 is 9.47 Å². The molecular formula is C30H45NO2. The number of aryl methyl sites for hydroxylation is 2. The Labute approximate surface area is 202 Å². The van der Waals surface area contributed by atoms with Crippen LogP contribution in [0.3, 0.4) is 0 Å². The molecule has 0 aromatic heterocycles. The fraction of sp³-hybridized carbons (Fsp3) is 0.600. The number of ether oxygens (including phenoxy) is 2. The van der Waals surface area contributed by atoms with Crippen LogP contribution < -0.4 is 14.4 Å². The highest BCUT2D eigenvalue weighted by Crippen LogP contribution is 2.32. The van der Waals surface area contributed by atoms with Crippen LogP contribution in [0.4, 0.5) is 5.69 Å². The van der Waals surface area contributed by atoms with Crippen LogP contribution in [0, 0.1) is 11.3 Å². The second kappa shape index (κ2) is 12.3. The van der Waals surface area contributed by atoms with Gasteiger partial charge in [0.1, 0.15) is 11.5 Å². The molecule has 3 rings (SSSR count). The highest BCUT2D eigenvalue weighted by atomic mass is 16.5. The third-order valence-electron chi connectivity index (χ3n) is 6.82. The molecule has 0 amide bonds. The average molecular weight is 452 g/mol. The van der Waals surface area contributed by atoms with Crippen molar-refractivity contribution in [1.29, 1.82) is 0 Å². The number of methoxy groups -OCH3 is 1. The summed E-state index contributed by atoms with van der Waals surface area (Å²) < 4.78 is 11.8. The molecule has 2 aromatic carbocycles. The normalized spacial score (nSPS) is 15.0. The Hall–Kier alpha value is -2.16. The molecule has 3 heteroatoms. The summed E-state index contributed by atoms with van der Waals surface area (Å²) in [5.41, 5.74) is 4.60. The van der Waals surface area contributed by atoms with Crippen molar-refractivity contribution in [3.8, 4) is 11.5 Å². The lowest BCUT2D eigenvalue weighted by Crippen LogP contribution is -2.36. The van der Waals surface area contributed by atoms with Crippen molar-refractivity contribution in [2.45, 2.75) is 79.1 Å². The van der Waals surface area contributed by atoms with Crippen molar-refractivity contribution in [1.82, 2.24) is 0 Å². The zero-order valence-corrected chi connectivity index (χ0v) is 21.7. The van der Waals surface area contributed by atoms with Crippen molar-refractivity contribution in [2.24, 2.45) is 11.3 Å². The molecule has 1 saturated heterocycles. The van der Waals surface area contributed by atoms with E-state index in [9.17, 15) is 0 Å². The summed E-state index contributed by atoms with van der Waals surface area (Å²) in [4.78, 5) is 2.57. The predicted octanol–water partition coefficient (Wildman–Crippen LogP) is 7.70. The molecule has 0 aliphatic carbocycles. The van der Waals surface area contributed by atoms with Gasteiger partial charge in [0.2, 0.25) is 0 Å². The third kappa shape index (κ3) is 8.28. The van der Waals surface area contributed by atoms with Gasteiger partial charge in [-0.25, -0.2) is 0 Å². The molecule has 0 atom stereocenters. The van der Waals surface area contributed by atoms with Gasteiger partial charge in [-0.1, -0.05) is 52.3 Å². The maximum atomic E-state index is 6.21. The zero-order valence-electron chi connectivity index (χ0n) is 21.7. The molecular weight excluding hydrogens is 406 g/mol. The molecule has 3 nitrogen and oxygen atoms in total. The van der Waals surface area contributed by atoms with Crippen LogP contribution in [0.2, 0.25) is 0 Å². The molecule has 1 heterocycles. The number of hydrogen-bond acceptors (Lipinski definition) is 3. The Morgan fingerprint density at radius 3 is 2.42 bits per heavy atom. The first-order chi connectivity index (χ1) is 15.9. The highest BCUT2D eigenvalue weighted by Gasteiger charge is 2.22. The van der Waals surface area contributed by atoms with Crippen molar-refractivity contribution in [3.05, 3.63) is 53.6 Å². The van der Waals surface area contributed by atoms with Crippen molar-refractivity contribution in [3.63, 3.8) is 0 Å². The van der Waals surface area contributed by atoms with E-state index >= 15 is 0 Å². The predicted molar refractivity (Wildman–Crippen MR) is 141 cm³/mol. The van der Waals surface area contributed by atoms with E-state index in [2.05, 4.69) is 75.1 Å². The summed E-state index contributed by atoms with van der Waals surface area (Å²) >= 11 is 0. The van der Waals surface area contributed by atoms with E-state index in [-0.39, 0.29) is 0 Å². The Morgan fingerprint density at radius 2 is 1.73 bits per heavy atom. The molecule has 33 heavy (non-hydrogen) atoms. The van der Waals surface area contributed by atoms with Gasteiger partial charge in [-0.3, -0.25) is 0 Å². The third-order valence-corrected chi connectivity index (χ3v) is 6.82. The van der Waals surface area contributed by atoms with Crippen LogP contribution >= 0.6 is 0 Å². The summed E-state index contributed by atoms with van der Waals surface area (Å²) in [6.07, 6.45) is 9.57. The van der Waals surface area contributed by atoms with E-state index in [1.54, 1.807) is 7.11 Å². The summed E-state index contributed by atoms with van der Waals surface area (Å²) in [5.74, 6) is 2.61. The van der Waals surface area contributed by atoms with Crippen molar-refractivity contribution in [2.75, 3.05) is 31.7 Å². The van der Waals surface area contributed by atoms with E-state index in [1.807, 2.05) is 0 Å². The summed E-state index contributed by atoms with van der Waals surface area (Å²) in [6.45, 7) is 12.2. The van der Waals surface area contributed by atoms with Gasteiger partial charge in [0.25, 0.3) is 0 Å². The second-order valence-corrected chi connectivity index (χ2v) is 10.9. The topological polar surface area (TPSA) is 21.7 Å². The lowest BCUT2D eigenvalue weighted by Gasteiger charge is -2.35. The molecule has 0 N–H and O–H groups in total. The fourth-order valence-corrected chi connectivity index (χ4v) is 4.71. The first-order valence-electron chi connectivity index (χ1n) is 13.0. The van der Waals surface area contributed by atoms with Gasteiger partial charge < -0.3 is 14.4 Å². The summed E-state index contributed by atoms with van der Waals surface area (Å²) in [6, 6.07) is 15.3. The number of unbranched alkanes of at least 4 members (excludes halogenated alkanes) is 1. The molecule has 0 spiro atoms. The number of nitrogens with zero attached hydrogens (tertiary/aromatic N) is 1. The van der Waals surface area contributed by atoms with Crippen LogP contribution in [-0.2, 0) is 12.8 Å². The van der Waals surface area contributed by atoms with Gasteiger partial charge in [0, 0.05) is 24.8 Å². The first kappa shape index (κ1) is 25.5. The van der Waals surface area contributed by atoms with Gasteiger partial charge in [0.15, 0.2) is 0 Å². The van der Waals surface area contributed by atoms with Crippen LogP contribution in [0.15, 0.2) is 42.5 Å². The first-order valence-corrected chi connectivity index (χ1v) is 13.0. The standard InChI is InChI=1S/C30H45NO2/c1-6-7-10-24-11-8-13-28(21-24)33-23-25-16-19-31(20-17-25)29-22-27(32-5)15-14-26(29)12-9-18-30(2,3)4/h8,11,13-15,21-22,25H,6-7,9-10,12,16-20,23H2,1-5H3. The van der Waals surface area contributed by atoms with Gasteiger partial charge in [0.05, 0.1) is 13.7 Å². The Bertz CT molecular complexity index is 847. The van der Waals surface area contributed by atoms with Crippen LogP contribution in [0.25, 0.3) is 0 Å². The Balaban J connectivity index is 1.54. The molecule has 182 valence electrons. The minimum absolute atomic E-state index is 0.389. The number of benzene rings is 2. The summed E-state index contributed by atoms with van der Waals surface area (Å²) in [7, 11) is 1.76. The molecule has 0 bridgehead atoms. The average Bonchev–Trinajstić information content (AvgIpc) is 2.81. The van der Waals surface area contributed by atoms with E-state index in [4.69, 9.17) is 9.47 Å². The SMILES string of the molecule is CCCCc1cccc(OCC2CCN(c3cc(OC)ccc3CCCC(C)(C)C)CC2)c1. The second-order valence-electron chi connectivity index (χ2n) is 10.9. The minimum atomic E-state index is 0.389. The maximum absolute atomic E-state index is 6.21. The molecule has 0 saturated carbocycles. The van der Waals surface area contributed by atoms with E-state index in [0.717, 1.165) is 44.0 Å². The Morgan fingerprint density at radius 1 is 0.939 bits per heavy atom. The lowest BCUT2D eigenvalue weighted by molar-refractivity contribution is 0.222. The largest absolute Gasteiger partial charge is 0.497 e.